The standard InChI is InChI=1S/C12H20S/c1-9-6-7-10(12(2,3)4)11(8-9)13-5/h7-9H,6H2,1-5H3. The van der Waals surface area contributed by atoms with E-state index < -0.39 is 0 Å². The fraction of sp³-hybridized carbons (Fsp3) is 0.667. The largest absolute Gasteiger partial charge is 0.130 e. The van der Waals surface area contributed by atoms with Gasteiger partial charge in [-0.1, -0.05) is 39.8 Å². The van der Waals surface area contributed by atoms with Crippen molar-refractivity contribution >= 4 is 11.8 Å². The zero-order chi connectivity index (χ0) is 10.1. The lowest BCUT2D eigenvalue weighted by molar-refractivity contribution is 0.505. The second-order valence-electron chi connectivity index (χ2n) is 4.82. The van der Waals surface area contributed by atoms with Crippen molar-refractivity contribution in [2.75, 3.05) is 6.26 Å². The fourth-order valence-electron chi connectivity index (χ4n) is 1.67. The molecule has 0 spiro atoms. The van der Waals surface area contributed by atoms with Gasteiger partial charge in [-0.15, -0.1) is 11.8 Å². The highest BCUT2D eigenvalue weighted by molar-refractivity contribution is 8.02. The van der Waals surface area contributed by atoms with Crippen molar-refractivity contribution in [3.05, 3.63) is 22.6 Å². The van der Waals surface area contributed by atoms with E-state index in [-0.39, 0.29) is 0 Å². The highest BCUT2D eigenvalue weighted by Gasteiger charge is 2.22. The number of rotatable bonds is 1. The Morgan fingerprint density at radius 2 is 2.00 bits per heavy atom. The number of hydrogen-bond acceptors (Lipinski definition) is 1. The Morgan fingerprint density at radius 1 is 1.38 bits per heavy atom. The minimum Gasteiger partial charge on any atom is -0.130 e. The van der Waals surface area contributed by atoms with Gasteiger partial charge in [-0.05, 0) is 29.6 Å². The van der Waals surface area contributed by atoms with Crippen molar-refractivity contribution in [2.45, 2.75) is 34.1 Å². The highest BCUT2D eigenvalue weighted by Crippen LogP contribution is 2.39. The number of allylic oxidation sites excluding steroid dienone is 3. The summed E-state index contributed by atoms with van der Waals surface area (Å²) in [6.45, 7) is 9.16. The molecule has 0 aromatic heterocycles. The Morgan fingerprint density at radius 3 is 2.46 bits per heavy atom. The van der Waals surface area contributed by atoms with E-state index >= 15 is 0 Å². The summed E-state index contributed by atoms with van der Waals surface area (Å²) in [4.78, 5) is 1.48. The van der Waals surface area contributed by atoms with Crippen LogP contribution >= 0.6 is 11.8 Å². The number of hydrogen-bond donors (Lipinski definition) is 0. The molecule has 0 nitrogen and oxygen atoms in total. The molecule has 13 heavy (non-hydrogen) atoms. The monoisotopic (exact) mass is 196 g/mol. The van der Waals surface area contributed by atoms with Crippen LogP contribution in [0.25, 0.3) is 0 Å². The summed E-state index contributed by atoms with van der Waals surface area (Å²) in [5.74, 6) is 0.716. The average Bonchev–Trinajstić information content (AvgIpc) is 2.01. The van der Waals surface area contributed by atoms with Crippen LogP contribution in [0.5, 0.6) is 0 Å². The normalized spacial score (nSPS) is 23.9. The van der Waals surface area contributed by atoms with Gasteiger partial charge in [0.1, 0.15) is 0 Å². The Bertz CT molecular complexity index is 240. The van der Waals surface area contributed by atoms with Crippen LogP contribution < -0.4 is 0 Å². The molecule has 0 saturated carbocycles. The van der Waals surface area contributed by atoms with E-state index in [9.17, 15) is 0 Å². The van der Waals surface area contributed by atoms with E-state index in [2.05, 4.69) is 46.1 Å². The van der Waals surface area contributed by atoms with E-state index in [1.165, 1.54) is 16.9 Å². The summed E-state index contributed by atoms with van der Waals surface area (Å²) >= 11 is 1.88. The second kappa shape index (κ2) is 3.91. The zero-order valence-electron chi connectivity index (χ0n) is 9.35. The molecule has 1 rings (SSSR count). The van der Waals surface area contributed by atoms with Gasteiger partial charge in [0.15, 0.2) is 0 Å². The van der Waals surface area contributed by atoms with Crippen LogP contribution in [0.2, 0.25) is 0 Å². The first-order valence-corrected chi connectivity index (χ1v) is 6.14. The van der Waals surface area contributed by atoms with Gasteiger partial charge >= 0.3 is 0 Å². The summed E-state index contributed by atoms with van der Waals surface area (Å²) in [5.41, 5.74) is 1.83. The van der Waals surface area contributed by atoms with E-state index in [1.807, 2.05) is 11.8 Å². The van der Waals surface area contributed by atoms with Gasteiger partial charge < -0.3 is 0 Å². The minimum absolute atomic E-state index is 0.301. The SMILES string of the molecule is CSC1=CC(C)CC=C1C(C)(C)C. The lowest BCUT2D eigenvalue weighted by atomic mass is 9.82. The molecule has 1 unspecified atom stereocenters. The molecule has 0 fully saturated rings. The highest BCUT2D eigenvalue weighted by atomic mass is 32.2. The van der Waals surface area contributed by atoms with E-state index in [0.29, 0.717) is 11.3 Å². The zero-order valence-corrected chi connectivity index (χ0v) is 10.2. The first-order valence-electron chi connectivity index (χ1n) is 4.92. The summed E-state index contributed by atoms with van der Waals surface area (Å²) in [6.07, 6.45) is 8.20. The van der Waals surface area contributed by atoms with Gasteiger partial charge in [-0.25, -0.2) is 0 Å². The molecule has 1 aliphatic carbocycles. The Hall–Kier alpha value is -0.170. The predicted molar refractivity (Wildman–Crippen MR) is 62.9 cm³/mol. The van der Waals surface area contributed by atoms with Gasteiger partial charge in [0.2, 0.25) is 0 Å². The maximum absolute atomic E-state index is 2.41. The minimum atomic E-state index is 0.301. The lowest BCUT2D eigenvalue weighted by Crippen LogP contribution is -2.14. The van der Waals surface area contributed by atoms with Gasteiger partial charge in [-0.2, -0.15) is 0 Å². The lowest BCUT2D eigenvalue weighted by Gasteiger charge is -2.28. The molecule has 0 aromatic carbocycles. The molecule has 0 amide bonds. The van der Waals surface area contributed by atoms with Crippen LogP contribution in [0.3, 0.4) is 0 Å². The van der Waals surface area contributed by atoms with Crippen molar-refractivity contribution in [1.29, 1.82) is 0 Å². The molecular weight excluding hydrogens is 176 g/mol. The molecule has 1 aliphatic rings. The molecule has 74 valence electrons. The molecule has 0 saturated heterocycles. The molecule has 1 atom stereocenters. The molecule has 0 heterocycles. The van der Waals surface area contributed by atoms with Gasteiger partial charge in [0.25, 0.3) is 0 Å². The van der Waals surface area contributed by atoms with E-state index in [4.69, 9.17) is 0 Å². The van der Waals surface area contributed by atoms with E-state index in [0.717, 1.165) is 0 Å². The van der Waals surface area contributed by atoms with Crippen molar-refractivity contribution in [1.82, 2.24) is 0 Å². The topological polar surface area (TPSA) is 0 Å². The maximum atomic E-state index is 2.41. The van der Waals surface area contributed by atoms with Crippen LogP contribution in [0.15, 0.2) is 22.6 Å². The summed E-state index contributed by atoms with van der Waals surface area (Å²) < 4.78 is 0. The summed E-state index contributed by atoms with van der Waals surface area (Å²) in [5, 5.41) is 0. The third kappa shape index (κ3) is 2.63. The molecule has 1 heteroatoms. The summed E-state index contributed by atoms with van der Waals surface area (Å²) in [7, 11) is 0. The molecule has 0 aromatic rings. The second-order valence-corrected chi connectivity index (χ2v) is 5.66. The summed E-state index contributed by atoms with van der Waals surface area (Å²) in [6, 6.07) is 0. The quantitative estimate of drug-likeness (QED) is 0.604. The predicted octanol–water partition coefficient (Wildman–Crippen LogP) is 4.25. The average molecular weight is 196 g/mol. The Kier molecular flexibility index (Phi) is 3.28. The van der Waals surface area contributed by atoms with Crippen LogP contribution in [0.1, 0.15) is 34.1 Å². The molecule has 0 bridgehead atoms. The van der Waals surface area contributed by atoms with Crippen molar-refractivity contribution < 1.29 is 0 Å². The van der Waals surface area contributed by atoms with Crippen LogP contribution in [0, 0.1) is 11.3 Å². The van der Waals surface area contributed by atoms with Gasteiger partial charge in [-0.3, -0.25) is 0 Å². The molecule has 0 radical (unpaired) electrons. The first-order chi connectivity index (χ1) is 5.95. The molecular formula is C12H20S. The smallest absolute Gasteiger partial charge is 0.00662 e. The third-order valence-corrected chi connectivity index (χ3v) is 3.22. The van der Waals surface area contributed by atoms with Crippen LogP contribution in [-0.4, -0.2) is 6.26 Å². The van der Waals surface area contributed by atoms with Gasteiger partial charge in [0.05, 0.1) is 0 Å². The van der Waals surface area contributed by atoms with Crippen LogP contribution in [-0.2, 0) is 0 Å². The number of thioether (sulfide) groups is 1. The van der Waals surface area contributed by atoms with Crippen LogP contribution in [0.4, 0.5) is 0 Å². The Labute approximate surface area is 86.5 Å². The first kappa shape index (κ1) is 10.9. The fourth-order valence-corrected chi connectivity index (χ4v) is 2.65. The van der Waals surface area contributed by atoms with E-state index in [1.54, 1.807) is 0 Å². The van der Waals surface area contributed by atoms with Crippen molar-refractivity contribution in [3.8, 4) is 0 Å². The molecule has 0 aliphatic heterocycles. The maximum Gasteiger partial charge on any atom is 0.00662 e. The molecule has 0 N–H and O–H groups in total. The van der Waals surface area contributed by atoms with Gasteiger partial charge in [0, 0.05) is 4.91 Å². The van der Waals surface area contributed by atoms with Crippen molar-refractivity contribution in [2.24, 2.45) is 11.3 Å². The van der Waals surface area contributed by atoms with Crippen molar-refractivity contribution in [3.63, 3.8) is 0 Å². The third-order valence-electron chi connectivity index (χ3n) is 2.42. The Balaban J connectivity index is 2.93.